The largest absolute Gasteiger partial charge is 0.335 e. The summed E-state index contributed by atoms with van der Waals surface area (Å²) in [6.07, 6.45) is 9.23. The Bertz CT molecular complexity index is 1040. The quantitative estimate of drug-likeness (QED) is 0.343. The number of nitrogens with zero attached hydrogens (tertiary/aromatic N) is 3. The lowest BCUT2D eigenvalue weighted by Gasteiger charge is -1.97. The van der Waals surface area contributed by atoms with Crippen molar-refractivity contribution in [3.63, 3.8) is 0 Å². The van der Waals surface area contributed by atoms with Crippen LogP contribution in [0, 0.1) is 12.3 Å². The second kappa shape index (κ2) is 5.94. The molecule has 5 nitrogen and oxygen atoms in total. The number of hydrogen-bond acceptors (Lipinski definition) is 3. The molecule has 2 aromatic carbocycles. The summed E-state index contributed by atoms with van der Waals surface area (Å²) >= 11 is 0. The summed E-state index contributed by atoms with van der Waals surface area (Å²) in [4.78, 5) is 7.61. The van der Waals surface area contributed by atoms with Crippen LogP contribution in [0.3, 0.4) is 0 Å². The van der Waals surface area contributed by atoms with E-state index in [1.165, 1.54) is 0 Å². The van der Waals surface area contributed by atoms with E-state index in [0.29, 0.717) is 12.5 Å². The summed E-state index contributed by atoms with van der Waals surface area (Å²) in [6.45, 7) is 0.533. The number of H-pyrrole nitrogens is 1. The molecular formula is C19H15N5. The van der Waals surface area contributed by atoms with Gasteiger partial charge in [0, 0.05) is 22.7 Å². The van der Waals surface area contributed by atoms with Crippen LogP contribution in [0.5, 0.6) is 0 Å². The summed E-state index contributed by atoms with van der Waals surface area (Å²) in [6, 6.07) is 16.0. The Hall–Kier alpha value is -3.52. The average Bonchev–Trinajstić information content (AvgIpc) is 3.17. The summed E-state index contributed by atoms with van der Waals surface area (Å²) < 4.78 is 2.04. The minimum atomic E-state index is 0.533. The number of imidazole rings is 1. The predicted molar refractivity (Wildman–Crippen MR) is 98.1 cm³/mol. The zero-order valence-corrected chi connectivity index (χ0v) is 12.9. The zero-order chi connectivity index (χ0) is 16.4. The summed E-state index contributed by atoms with van der Waals surface area (Å²) in [5, 5.41) is 5.41. The first kappa shape index (κ1) is 14.1. The fourth-order valence-electron chi connectivity index (χ4n) is 2.78. The van der Waals surface area contributed by atoms with Gasteiger partial charge in [-0.2, -0.15) is 5.10 Å². The Morgan fingerprint density at radius 3 is 2.92 bits per heavy atom. The van der Waals surface area contributed by atoms with E-state index in [2.05, 4.69) is 38.5 Å². The Kier molecular flexibility index (Phi) is 3.49. The van der Waals surface area contributed by atoms with Crippen molar-refractivity contribution in [3.05, 3.63) is 60.3 Å². The molecule has 0 saturated heterocycles. The van der Waals surface area contributed by atoms with Gasteiger partial charge >= 0.3 is 0 Å². The van der Waals surface area contributed by atoms with Crippen LogP contribution in [0.25, 0.3) is 21.9 Å². The lowest BCUT2D eigenvalue weighted by molar-refractivity contribution is 0.886. The number of aromatic amines is 1. The Morgan fingerprint density at radius 2 is 2.04 bits per heavy atom. The number of nitrogens with one attached hydrogen (secondary N) is 2. The zero-order valence-electron chi connectivity index (χ0n) is 12.9. The van der Waals surface area contributed by atoms with Crippen molar-refractivity contribution in [2.75, 3.05) is 5.43 Å². The van der Waals surface area contributed by atoms with Crippen molar-refractivity contribution in [3.8, 4) is 12.3 Å². The van der Waals surface area contributed by atoms with Gasteiger partial charge in [-0.3, -0.25) is 0 Å². The van der Waals surface area contributed by atoms with E-state index in [1.807, 2.05) is 47.2 Å². The van der Waals surface area contributed by atoms with Gasteiger partial charge in [-0.25, -0.2) is 10.4 Å². The van der Waals surface area contributed by atoms with Crippen LogP contribution >= 0.6 is 0 Å². The van der Waals surface area contributed by atoms with Crippen LogP contribution in [0.1, 0.15) is 5.56 Å². The molecule has 2 N–H and O–H groups in total. The number of fused-ring (bicyclic) bond motifs is 2. The molecule has 0 saturated carbocycles. The fraction of sp³-hybridized carbons (Fsp3) is 0.0526. The Balaban J connectivity index is 1.61. The highest BCUT2D eigenvalue weighted by molar-refractivity contribution is 5.99. The molecule has 0 aliphatic rings. The Morgan fingerprint density at radius 1 is 1.21 bits per heavy atom. The molecule has 0 unspecified atom stereocenters. The van der Waals surface area contributed by atoms with Crippen molar-refractivity contribution in [2.24, 2.45) is 5.10 Å². The van der Waals surface area contributed by atoms with Crippen molar-refractivity contribution < 1.29 is 0 Å². The minimum Gasteiger partial charge on any atom is -0.335 e. The summed E-state index contributed by atoms with van der Waals surface area (Å²) in [7, 11) is 0. The minimum absolute atomic E-state index is 0.533. The molecule has 2 heterocycles. The summed E-state index contributed by atoms with van der Waals surface area (Å²) in [5.41, 5.74) is 6.92. The first-order chi connectivity index (χ1) is 11.8. The van der Waals surface area contributed by atoms with Crippen LogP contribution < -0.4 is 5.43 Å². The molecule has 24 heavy (non-hydrogen) atoms. The number of aromatic nitrogens is 3. The number of rotatable bonds is 4. The third-order valence-corrected chi connectivity index (χ3v) is 3.84. The maximum absolute atomic E-state index is 5.44. The smallest absolute Gasteiger partial charge is 0.222 e. The van der Waals surface area contributed by atoms with Crippen molar-refractivity contribution in [2.45, 2.75) is 6.54 Å². The van der Waals surface area contributed by atoms with Gasteiger partial charge in [-0.05, 0) is 18.2 Å². The molecule has 0 fully saturated rings. The monoisotopic (exact) mass is 313 g/mol. The van der Waals surface area contributed by atoms with Crippen LogP contribution in [-0.4, -0.2) is 20.7 Å². The molecule has 0 radical (unpaired) electrons. The van der Waals surface area contributed by atoms with Crippen molar-refractivity contribution >= 4 is 34.1 Å². The van der Waals surface area contributed by atoms with E-state index in [-0.39, 0.29) is 0 Å². The number of anilines is 1. The third-order valence-electron chi connectivity index (χ3n) is 3.84. The van der Waals surface area contributed by atoms with Crippen molar-refractivity contribution in [1.82, 2.24) is 14.5 Å². The fourth-order valence-corrected chi connectivity index (χ4v) is 2.78. The highest BCUT2D eigenvalue weighted by Crippen LogP contribution is 2.20. The SMILES string of the molecule is C#CCn1cc(C=NNc2nc3ccccc3[nH]2)c2ccccc21. The maximum Gasteiger partial charge on any atom is 0.222 e. The molecule has 0 bridgehead atoms. The lowest BCUT2D eigenvalue weighted by Crippen LogP contribution is -1.93. The van der Waals surface area contributed by atoms with Gasteiger partial charge in [0.1, 0.15) is 0 Å². The van der Waals surface area contributed by atoms with E-state index in [9.17, 15) is 0 Å². The normalized spacial score (nSPS) is 11.3. The van der Waals surface area contributed by atoms with Gasteiger partial charge in [0.05, 0.1) is 23.8 Å². The van der Waals surface area contributed by atoms with Crippen molar-refractivity contribution in [1.29, 1.82) is 0 Å². The van der Waals surface area contributed by atoms with Gasteiger partial charge < -0.3 is 9.55 Å². The molecular weight excluding hydrogens is 298 g/mol. The Labute approximate surface area is 139 Å². The molecule has 2 aromatic heterocycles. The van der Waals surface area contributed by atoms with Crippen LogP contribution in [0.4, 0.5) is 5.95 Å². The molecule has 5 heteroatoms. The summed E-state index contributed by atoms with van der Waals surface area (Å²) in [5.74, 6) is 3.29. The van der Waals surface area contributed by atoms with E-state index in [0.717, 1.165) is 27.5 Å². The van der Waals surface area contributed by atoms with Gasteiger partial charge in [-0.15, -0.1) is 6.42 Å². The average molecular weight is 313 g/mol. The van der Waals surface area contributed by atoms with E-state index in [4.69, 9.17) is 6.42 Å². The molecule has 0 aliphatic heterocycles. The number of hydrogen-bond donors (Lipinski definition) is 2. The van der Waals surface area contributed by atoms with Gasteiger partial charge in [0.2, 0.25) is 5.95 Å². The number of hydrazone groups is 1. The first-order valence-corrected chi connectivity index (χ1v) is 7.60. The standard InChI is InChI=1S/C19H15N5/c1-2-11-24-13-14(15-7-3-6-10-18(15)24)12-20-23-19-21-16-8-4-5-9-17(16)22-19/h1,3-10,12-13H,11H2,(H2,21,22,23). The third kappa shape index (κ3) is 2.50. The number of terminal acetylenes is 1. The van der Waals surface area contributed by atoms with Crippen LogP contribution in [0.15, 0.2) is 59.8 Å². The molecule has 0 aliphatic carbocycles. The molecule has 0 amide bonds. The van der Waals surface area contributed by atoms with Gasteiger partial charge in [-0.1, -0.05) is 36.3 Å². The van der Waals surface area contributed by atoms with E-state index in [1.54, 1.807) is 6.21 Å². The highest BCUT2D eigenvalue weighted by atomic mass is 15.3. The second-order valence-electron chi connectivity index (χ2n) is 5.41. The molecule has 4 aromatic rings. The van der Waals surface area contributed by atoms with Gasteiger partial charge in [0.25, 0.3) is 0 Å². The lowest BCUT2D eigenvalue weighted by atomic mass is 10.2. The topological polar surface area (TPSA) is 58.0 Å². The van der Waals surface area contributed by atoms with E-state index >= 15 is 0 Å². The predicted octanol–water partition coefficient (Wildman–Crippen LogP) is 3.60. The number of para-hydroxylation sites is 3. The van der Waals surface area contributed by atoms with Crippen LogP contribution in [-0.2, 0) is 6.54 Å². The molecule has 116 valence electrons. The van der Waals surface area contributed by atoms with Crippen LogP contribution in [0.2, 0.25) is 0 Å². The number of benzene rings is 2. The highest BCUT2D eigenvalue weighted by Gasteiger charge is 2.05. The maximum atomic E-state index is 5.44. The second-order valence-corrected chi connectivity index (χ2v) is 5.41. The molecule has 0 atom stereocenters. The molecule has 4 rings (SSSR count). The molecule has 0 spiro atoms. The van der Waals surface area contributed by atoms with E-state index < -0.39 is 0 Å². The first-order valence-electron chi connectivity index (χ1n) is 7.60. The van der Waals surface area contributed by atoms with Gasteiger partial charge in [0.15, 0.2) is 0 Å².